The van der Waals surface area contributed by atoms with Crippen LogP contribution >= 0.6 is 12.4 Å². The average molecular weight is 226 g/mol. The van der Waals surface area contributed by atoms with Crippen LogP contribution in [0.1, 0.15) is 11.5 Å². The summed E-state index contributed by atoms with van der Waals surface area (Å²) in [4.78, 5) is 4.14. The van der Waals surface area contributed by atoms with Crippen molar-refractivity contribution < 1.29 is 4.52 Å². The van der Waals surface area contributed by atoms with Crippen LogP contribution in [0.3, 0.4) is 0 Å². The molecule has 0 bridgehead atoms. The number of hydrogen-bond donors (Lipinski definition) is 1. The van der Waals surface area contributed by atoms with Crippen molar-refractivity contribution in [1.29, 1.82) is 0 Å². The van der Waals surface area contributed by atoms with Crippen molar-refractivity contribution in [1.82, 2.24) is 10.1 Å². The first-order valence-electron chi connectivity index (χ1n) is 4.39. The van der Waals surface area contributed by atoms with E-state index in [1.54, 1.807) is 6.92 Å². The van der Waals surface area contributed by atoms with Crippen molar-refractivity contribution in [2.24, 2.45) is 5.73 Å². The van der Waals surface area contributed by atoms with E-state index >= 15 is 0 Å². The third kappa shape index (κ3) is 2.55. The van der Waals surface area contributed by atoms with E-state index in [1.165, 1.54) is 0 Å². The lowest BCUT2D eigenvalue weighted by Crippen LogP contribution is -1.96. The van der Waals surface area contributed by atoms with Gasteiger partial charge in [0, 0.05) is 19.0 Å². The highest BCUT2D eigenvalue weighted by atomic mass is 35.5. The highest BCUT2D eigenvalue weighted by Gasteiger charge is 2.05. The molecule has 4 nitrogen and oxygen atoms in total. The Morgan fingerprint density at radius 2 is 2.20 bits per heavy atom. The number of halogens is 1. The highest BCUT2D eigenvalue weighted by molar-refractivity contribution is 5.85. The Labute approximate surface area is 93.9 Å². The number of benzene rings is 1. The molecule has 0 amide bonds. The lowest BCUT2D eigenvalue weighted by molar-refractivity contribution is 0.394. The third-order valence-electron chi connectivity index (χ3n) is 1.95. The summed E-state index contributed by atoms with van der Waals surface area (Å²) in [6.45, 7) is 2.29. The molecule has 0 aliphatic heterocycles. The summed E-state index contributed by atoms with van der Waals surface area (Å²) in [7, 11) is 0. The van der Waals surface area contributed by atoms with Gasteiger partial charge in [-0.15, -0.1) is 12.4 Å². The highest BCUT2D eigenvalue weighted by Crippen LogP contribution is 2.16. The molecule has 15 heavy (non-hydrogen) atoms. The summed E-state index contributed by atoms with van der Waals surface area (Å²) in [6.07, 6.45) is 0. The van der Waals surface area contributed by atoms with Crippen LogP contribution in [-0.2, 0) is 6.54 Å². The van der Waals surface area contributed by atoms with Crippen molar-refractivity contribution in [3.63, 3.8) is 0 Å². The van der Waals surface area contributed by atoms with Crippen LogP contribution in [0, 0.1) is 6.92 Å². The van der Waals surface area contributed by atoms with Crippen LogP contribution in [0.5, 0.6) is 0 Å². The van der Waals surface area contributed by atoms with Gasteiger partial charge in [0.05, 0.1) is 0 Å². The molecule has 1 heterocycles. The maximum Gasteiger partial charge on any atom is 0.223 e. The molecule has 2 aromatic rings. The van der Waals surface area contributed by atoms with Gasteiger partial charge in [-0.3, -0.25) is 0 Å². The summed E-state index contributed by atoms with van der Waals surface area (Å²) in [5.41, 5.74) is 7.53. The Morgan fingerprint density at radius 1 is 1.40 bits per heavy atom. The standard InChI is InChI=1S/C10H11N3O.ClH/c1-7-12-10(13-14-7)9-4-2-3-8(5-9)6-11;/h2-5H,6,11H2,1H3;1H. The van der Waals surface area contributed by atoms with E-state index < -0.39 is 0 Å². The first kappa shape index (κ1) is 11.7. The zero-order valence-electron chi connectivity index (χ0n) is 8.30. The predicted molar refractivity (Wildman–Crippen MR) is 59.6 cm³/mol. The number of aryl methyl sites for hydroxylation is 1. The molecule has 0 spiro atoms. The predicted octanol–water partition coefficient (Wildman–Crippen LogP) is 1.93. The maximum atomic E-state index is 5.54. The molecule has 0 fully saturated rings. The van der Waals surface area contributed by atoms with Gasteiger partial charge in [-0.2, -0.15) is 4.98 Å². The Morgan fingerprint density at radius 3 is 2.80 bits per heavy atom. The normalized spacial score (nSPS) is 9.73. The van der Waals surface area contributed by atoms with Crippen molar-refractivity contribution in [2.45, 2.75) is 13.5 Å². The fourth-order valence-electron chi connectivity index (χ4n) is 1.25. The second kappa shape index (κ2) is 4.91. The molecule has 1 aromatic heterocycles. The maximum absolute atomic E-state index is 5.54. The molecule has 5 heteroatoms. The smallest absolute Gasteiger partial charge is 0.223 e. The molecule has 80 valence electrons. The number of aromatic nitrogens is 2. The van der Waals surface area contributed by atoms with Crippen molar-refractivity contribution in [3.05, 3.63) is 35.7 Å². The van der Waals surface area contributed by atoms with E-state index in [0.717, 1.165) is 11.1 Å². The van der Waals surface area contributed by atoms with E-state index in [9.17, 15) is 0 Å². The summed E-state index contributed by atoms with van der Waals surface area (Å²) in [5, 5.41) is 3.83. The molecule has 0 atom stereocenters. The van der Waals surface area contributed by atoms with Gasteiger partial charge < -0.3 is 10.3 Å². The van der Waals surface area contributed by atoms with E-state index in [-0.39, 0.29) is 12.4 Å². The van der Waals surface area contributed by atoms with Crippen LogP contribution in [0.25, 0.3) is 11.4 Å². The zero-order valence-corrected chi connectivity index (χ0v) is 9.12. The number of nitrogens with two attached hydrogens (primary N) is 1. The van der Waals surface area contributed by atoms with Gasteiger partial charge in [-0.25, -0.2) is 0 Å². The topological polar surface area (TPSA) is 64.9 Å². The molecule has 0 aliphatic carbocycles. The molecular formula is C10H12ClN3O. The number of rotatable bonds is 2. The summed E-state index contributed by atoms with van der Waals surface area (Å²) >= 11 is 0. The minimum Gasteiger partial charge on any atom is -0.339 e. The van der Waals surface area contributed by atoms with Crippen molar-refractivity contribution in [2.75, 3.05) is 0 Å². The molecule has 0 saturated carbocycles. The van der Waals surface area contributed by atoms with Gasteiger partial charge in [-0.05, 0) is 11.6 Å². The molecular weight excluding hydrogens is 214 g/mol. The summed E-state index contributed by atoms with van der Waals surface area (Å²) in [6, 6.07) is 7.80. The summed E-state index contributed by atoms with van der Waals surface area (Å²) < 4.78 is 4.90. The van der Waals surface area contributed by atoms with E-state index in [4.69, 9.17) is 10.3 Å². The van der Waals surface area contributed by atoms with Crippen LogP contribution in [0.2, 0.25) is 0 Å². The lowest BCUT2D eigenvalue weighted by atomic mass is 10.1. The third-order valence-corrected chi connectivity index (χ3v) is 1.95. The minimum absolute atomic E-state index is 0. The largest absolute Gasteiger partial charge is 0.339 e. The zero-order chi connectivity index (χ0) is 9.97. The lowest BCUT2D eigenvalue weighted by Gasteiger charge is -1.97. The molecule has 0 radical (unpaired) electrons. The molecule has 2 rings (SSSR count). The van der Waals surface area contributed by atoms with Gasteiger partial charge in [-0.1, -0.05) is 23.4 Å². The second-order valence-electron chi connectivity index (χ2n) is 3.04. The van der Waals surface area contributed by atoms with Crippen LogP contribution < -0.4 is 5.73 Å². The van der Waals surface area contributed by atoms with E-state index in [2.05, 4.69) is 10.1 Å². The molecule has 0 saturated heterocycles. The van der Waals surface area contributed by atoms with Crippen LogP contribution in [0.4, 0.5) is 0 Å². The average Bonchev–Trinajstić information content (AvgIpc) is 2.65. The SMILES string of the molecule is Cc1nc(-c2cccc(CN)c2)no1.Cl. The van der Waals surface area contributed by atoms with Gasteiger partial charge in [0.25, 0.3) is 0 Å². The molecule has 0 aliphatic rings. The molecule has 2 N–H and O–H groups in total. The Bertz CT molecular complexity index is 442. The van der Waals surface area contributed by atoms with E-state index in [1.807, 2.05) is 24.3 Å². The summed E-state index contributed by atoms with van der Waals surface area (Å²) in [5.74, 6) is 1.18. The quantitative estimate of drug-likeness (QED) is 0.848. The second-order valence-corrected chi connectivity index (χ2v) is 3.04. The number of hydrogen-bond acceptors (Lipinski definition) is 4. The van der Waals surface area contributed by atoms with Crippen LogP contribution in [-0.4, -0.2) is 10.1 Å². The van der Waals surface area contributed by atoms with Gasteiger partial charge in [0.2, 0.25) is 11.7 Å². The number of nitrogens with zero attached hydrogens (tertiary/aromatic N) is 2. The minimum atomic E-state index is 0. The Balaban J connectivity index is 0.00000112. The Hall–Kier alpha value is -1.39. The van der Waals surface area contributed by atoms with Gasteiger partial charge in [0.15, 0.2) is 0 Å². The Kier molecular flexibility index (Phi) is 3.82. The van der Waals surface area contributed by atoms with Crippen LogP contribution in [0.15, 0.2) is 28.8 Å². The molecule has 1 aromatic carbocycles. The van der Waals surface area contributed by atoms with Crippen molar-refractivity contribution in [3.8, 4) is 11.4 Å². The van der Waals surface area contributed by atoms with E-state index in [0.29, 0.717) is 18.3 Å². The van der Waals surface area contributed by atoms with Gasteiger partial charge >= 0.3 is 0 Å². The fourth-order valence-corrected chi connectivity index (χ4v) is 1.25. The fraction of sp³-hybridized carbons (Fsp3) is 0.200. The van der Waals surface area contributed by atoms with Crippen molar-refractivity contribution >= 4 is 12.4 Å². The first-order chi connectivity index (χ1) is 6.79. The van der Waals surface area contributed by atoms with Gasteiger partial charge in [0.1, 0.15) is 0 Å². The molecule has 0 unspecified atom stereocenters. The monoisotopic (exact) mass is 225 g/mol. The first-order valence-corrected chi connectivity index (χ1v) is 4.39.